The third kappa shape index (κ3) is 4.07. The fourth-order valence-corrected chi connectivity index (χ4v) is 3.59. The Morgan fingerprint density at radius 1 is 1.07 bits per heavy atom. The van der Waals surface area contributed by atoms with Crippen LogP contribution in [0.3, 0.4) is 0 Å². The van der Waals surface area contributed by atoms with E-state index in [2.05, 4.69) is 56.4 Å². The number of aryl methyl sites for hydroxylation is 2. The van der Waals surface area contributed by atoms with Gasteiger partial charge in [-0.2, -0.15) is 4.98 Å². The Morgan fingerprint density at radius 3 is 2.52 bits per heavy atom. The molecular formula is C20H25N7. The summed E-state index contributed by atoms with van der Waals surface area (Å²) in [5, 5.41) is 8.66. The largest absolute Gasteiger partial charge is 0.368 e. The quantitative estimate of drug-likeness (QED) is 0.767. The molecule has 27 heavy (non-hydrogen) atoms. The van der Waals surface area contributed by atoms with Crippen LogP contribution in [0.1, 0.15) is 24.1 Å². The molecule has 1 fully saturated rings. The van der Waals surface area contributed by atoms with E-state index >= 15 is 0 Å². The second-order valence-electron chi connectivity index (χ2n) is 7.35. The van der Waals surface area contributed by atoms with Crippen LogP contribution < -0.4 is 10.6 Å². The summed E-state index contributed by atoms with van der Waals surface area (Å²) >= 11 is 0. The van der Waals surface area contributed by atoms with Gasteiger partial charge in [0.05, 0.1) is 6.20 Å². The first kappa shape index (κ1) is 17.5. The van der Waals surface area contributed by atoms with E-state index in [4.69, 9.17) is 5.73 Å². The van der Waals surface area contributed by atoms with Crippen LogP contribution in [-0.4, -0.2) is 38.1 Å². The average molecular weight is 363 g/mol. The number of piperidine rings is 1. The number of nitrogen functional groups attached to an aromatic ring is 1. The molecule has 0 aliphatic carbocycles. The van der Waals surface area contributed by atoms with E-state index in [1.54, 1.807) is 0 Å². The van der Waals surface area contributed by atoms with Crippen molar-refractivity contribution in [1.29, 1.82) is 0 Å². The Labute approximate surface area is 159 Å². The molecule has 2 N–H and O–H groups in total. The second kappa shape index (κ2) is 7.34. The minimum Gasteiger partial charge on any atom is -0.368 e. The normalized spacial score (nSPS) is 15.3. The van der Waals surface area contributed by atoms with Crippen LogP contribution in [0, 0.1) is 19.8 Å². The van der Waals surface area contributed by atoms with Crippen molar-refractivity contribution in [2.45, 2.75) is 33.2 Å². The van der Waals surface area contributed by atoms with Crippen molar-refractivity contribution in [1.82, 2.24) is 25.0 Å². The molecule has 3 heterocycles. The number of hydrogen-bond donors (Lipinski definition) is 1. The summed E-state index contributed by atoms with van der Waals surface area (Å²) in [5.41, 5.74) is 9.98. The summed E-state index contributed by atoms with van der Waals surface area (Å²) in [6, 6.07) is 10.4. The topological polar surface area (TPSA) is 85.8 Å². The van der Waals surface area contributed by atoms with Crippen LogP contribution in [0.25, 0.3) is 11.3 Å². The van der Waals surface area contributed by atoms with Gasteiger partial charge in [-0.3, -0.25) is 4.68 Å². The van der Waals surface area contributed by atoms with Crippen molar-refractivity contribution in [3.05, 3.63) is 47.8 Å². The molecule has 140 valence electrons. The third-order valence-electron chi connectivity index (χ3n) is 5.13. The summed E-state index contributed by atoms with van der Waals surface area (Å²) in [7, 11) is 0. The minimum absolute atomic E-state index is 0.346. The molecule has 1 aliphatic heterocycles. The Kier molecular flexibility index (Phi) is 4.75. The number of benzene rings is 1. The van der Waals surface area contributed by atoms with Gasteiger partial charge in [0.1, 0.15) is 11.5 Å². The van der Waals surface area contributed by atoms with Crippen molar-refractivity contribution in [2.24, 2.45) is 5.92 Å². The van der Waals surface area contributed by atoms with Gasteiger partial charge in [0.15, 0.2) is 0 Å². The standard InChI is InChI=1S/C20H25N7/c1-14-3-5-17(6-4-14)18-13-27(25-24-18)12-16-7-9-26(10-8-16)19-11-15(2)22-20(21)23-19/h3-6,11,13,16H,7-10,12H2,1-2H3,(H2,21,22,23). The molecule has 0 radical (unpaired) electrons. The maximum absolute atomic E-state index is 5.79. The van der Waals surface area contributed by atoms with Crippen molar-refractivity contribution < 1.29 is 0 Å². The number of nitrogens with two attached hydrogens (primary N) is 1. The maximum Gasteiger partial charge on any atom is 0.222 e. The van der Waals surface area contributed by atoms with Gasteiger partial charge in [-0.1, -0.05) is 35.0 Å². The van der Waals surface area contributed by atoms with Gasteiger partial charge in [0.2, 0.25) is 5.95 Å². The lowest BCUT2D eigenvalue weighted by Gasteiger charge is -2.32. The Balaban J connectivity index is 1.36. The first-order valence-corrected chi connectivity index (χ1v) is 9.40. The summed E-state index contributed by atoms with van der Waals surface area (Å²) in [5.74, 6) is 1.87. The van der Waals surface area contributed by atoms with Crippen LogP contribution >= 0.6 is 0 Å². The molecule has 2 aromatic heterocycles. The van der Waals surface area contributed by atoms with E-state index in [1.807, 2.05) is 23.9 Å². The van der Waals surface area contributed by atoms with Gasteiger partial charge in [-0.15, -0.1) is 5.10 Å². The first-order valence-electron chi connectivity index (χ1n) is 9.40. The van der Waals surface area contributed by atoms with Crippen LogP contribution in [0.5, 0.6) is 0 Å². The van der Waals surface area contributed by atoms with Crippen LogP contribution in [0.15, 0.2) is 36.5 Å². The Hall–Kier alpha value is -2.96. The summed E-state index contributed by atoms with van der Waals surface area (Å²) in [6.07, 6.45) is 4.25. The molecule has 4 rings (SSSR count). The zero-order valence-electron chi connectivity index (χ0n) is 15.8. The molecule has 0 saturated carbocycles. The highest BCUT2D eigenvalue weighted by molar-refractivity contribution is 5.57. The van der Waals surface area contributed by atoms with E-state index in [0.29, 0.717) is 11.9 Å². The molecule has 0 amide bonds. The maximum atomic E-state index is 5.79. The first-order chi connectivity index (χ1) is 13.1. The van der Waals surface area contributed by atoms with Crippen LogP contribution in [0.2, 0.25) is 0 Å². The van der Waals surface area contributed by atoms with Crippen molar-refractivity contribution in [2.75, 3.05) is 23.7 Å². The zero-order chi connectivity index (χ0) is 18.8. The fourth-order valence-electron chi connectivity index (χ4n) is 3.59. The predicted molar refractivity (Wildman–Crippen MR) is 106 cm³/mol. The molecule has 7 heteroatoms. The average Bonchev–Trinajstić information content (AvgIpc) is 3.10. The van der Waals surface area contributed by atoms with Gasteiger partial charge in [-0.25, -0.2) is 4.98 Å². The number of anilines is 2. The van der Waals surface area contributed by atoms with Gasteiger partial charge >= 0.3 is 0 Å². The molecule has 3 aromatic rings. The summed E-state index contributed by atoms with van der Waals surface area (Å²) in [4.78, 5) is 10.8. The van der Waals surface area contributed by atoms with E-state index in [0.717, 1.165) is 55.2 Å². The molecular weight excluding hydrogens is 338 g/mol. The molecule has 7 nitrogen and oxygen atoms in total. The van der Waals surface area contributed by atoms with Crippen LogP contribution in [-0.2, 0) is 6.54 Å². The summed E-state index contributed by atoms with van der Waals surface area (Å²) < 4.78 is 1.97. The molecule has 1 aromatic carbocycles. The lowest BCUT2D eigenvalue weighted by Crippen LogP contribution is -2.35. The number of aromatic nitrogens is 5. The van der Waals surface area contributed by atoms with Crippen molar-refractivity contribution in [3.63, 3.8) is 0 Å². The highest BCUT2D eigenvalue weighted by Crippen LogP contribution is 2.24. The predicted octanol–water partition coefficient (Wildman–Crippen LogP) is 2.85. The van der Waals surface area contributed by atoms with Gasteiger partial charge < -0.3 is 10.6 Å². The van der Waals surface area contributed by atoms with Crippen LogP contribution in [0.4, 0.5) is 11.8 Å². The van der Waals surface area contributed by atoms with E-state index < -0.39 is 0 Å². The molecule has 0 spiro atoms. The van der Waals surface area contributed by atoms with Crippen molar-refractivity contribution in [3.8, 4) is 11.3 Å². The molecule has 0 atom stereocenters. The van der Waals surface area contributed by atoms with Gasteiger partial charge in [0, 0.05) is 37.0 Å². The summed E-state index contributed by atoms with van der Waals surface area (Å²) in [6.45, 7) is 6.88. The molecule has 0 bridgehead atoms. The SMILES string of the molecule is Cc1ccc(-c2cn(CC3CCN(c4cc(C)nc(N)n4)CC3)nn2)cc1. The lowest BCUT2D eigenvalue weighted by molar-refractivity contribution is 0.338. The van der Waals surface area contributed by atoms with E-state index in [9.17, 15) is 0 Å². The fraction of sp³-hybridized carbons (Fsp3) is 0.400. The Bertz CT molecular complexity index is 888. The molecule has 0 unspecified atom stereocenters. The van der Waals surface area contributed by atoms with E-state index in [1.165, 1.54) is 5.56 Å². The van der Waals surface area contributed by atoms with Crippen molar-refractivity contribution >= 4 is 11.8 Å². The monoisotopic (exact) mass is 363 g/mol. The molecule has 1 saturated heterocycles. The number of nitrogens with zero attached hydrogens (tertiary/aromatic N) is 6. The van der Waals surface area contributed by atoms with E-state index in [-0.39, 0.29) is 0 Å². The second-order valence-corrected chi connectivity index (χ2v) is 7.35. The highest BCUT2D eigenvalue weighted by atomic mass is 15.4. The smallest absolute Gasteiger partial charge is 0.222 e. The molecule has 1 aliphatic rings. The third-order valence-corrected chi connectivity index (χ3v) is 5.13. The lowest BCUT2D eigenvalue weighted by atomic mass is 9.97. The highest BCUT2D eigenvalue weighted by Gasteiger charge is 2.21. The minimum atomic E-state index is 0.346. The number of hydrogen-bond acceptors (Lipinski definition) is 6. The Morgan fingerprint density at radius 2 is 1.81 bits per heavy atom. The zero-order valence-corrected chi connectivity index (χ0v) is 15.8. The van der Waals surface area contributed by atoms with Gasteiger partial charge in [0.25, 0.3) is 0 Å². The number of rotatable bonds is 4. The van der Waals surface area contributed by atoms with Gasteiger partial charge in [-0.05, 0) is 32.6 Å².